The molecule has 0 amide bonds. The highest BCUT2D eigenvalue weighted by atomic mass is 19.1. The minimum absolute atomic E-state index is 0.0305. The van der Waals surface area contributed by atoms with E-state index in [2.05, 4.69) is 9.80 Å². The summed E-state index contributed by atoms with van der Waals surface area (Å²) in [4.78, 5) is 15.4. The normalized spacial score (nSPS) is 15.0. The van der Waals surface area contributed by atoms with Gasteiger partial charge in [0.25, 0.3) is 0 Å². The van der Waals surface area contributed by atoms with Crippen LogP contribution < -0.4 is 4.74 Å². The van der Waals surface area contributed by atoms with Gasteiger partial charge in [0.1, 0.15) is 11.6 Å². The number of carboxylic acid groups (broad SMARTS) is 1. The van der Waals surface area contributed by atoms with Gasteiger partial charge in [-0.15, -0.1) is 0 Å². The Morgan fingerprint density at radius 2 is 1.53 bits per heavy atom. The zero-order valence-electron chi connectivity index (χ0n) is 19.9. The maximum atomic E-state index is 13.6. The smallest absolute Gasteiger partial charge is 0.328 e. The number of hydrogen-bond acceptors (Lipinski definition) is 5. The molecule has 0 aromatic heterocycles. The summed E-state index contributed by atoms with van der Waals surface area (Å²) in [6.45, 7) is 3.28. The van der Waals surface area contributed by atoms with E-state index in [4.69, 9.17) is 9.84 Å². The van der Waals surface area contributed by atoms with Crippen LogP contribution in [0.4, 0.5) is 8.78 Å². The lowest BCUT2D eigenvalue weighted by Gasteiger charge is -2.40. The molecule has 1 aliphatic rings. The SMILES string of the molecule is COc1cc(/C=C/C(=O)O)cc(CN2CCN(C(c3ccc(F)cc3)c3ccc(F)cc3)CC2)c1O. The Bertz CT molecular complexity index is 1180. The van der Waals surface area contributed by atoms with E-state index >= 15 is 0 Å². The zero-order chi connectivity index (χ0) is 25.7. The van der Waals surface area contributed by atoms with Crippen molar-refractivity contribution in [3.63, 3.8) is 0 Å². The Hall–Kier alpha value is -3.75. The van der Waals surface area contributed by atoms with E-state index in [1.165, 1.54) is 37.5 Å². The Morgan fingerprint density at radius 1 is 0.972 bits per heavy atom. The van der Waals surface area contributed by atoms with Crippen LogP contribution in [0.2, 0.25) is 0 Å². The number of rotatable bonds is 8. The zero-order valence-corrected chi connectivity index (χ0v) is 19.9. The van der Waals surface area contributed by atoms with Gasteiger partial charge in [-0.2, -0.15) is 0 Å². The molecule has 0 aliphatic carbocycles. The molecule has 1 saturated heterocycles. The molecule has 8 heteroatoms. The lowest BCUT2D eigenvalue weighted by molar-refractivity contribution is -0.131. The maximum absolute atomic E-state index is 13.6. The van der Waals surface area contributed by atoms with Crippen molar-refractivity contribution in [2.75, 3.05) is 33.3 Å². The van der Waals surface area contributed by atoms with E-state index in [0.717, 1.165) is 17.2 Å². The van der Waals surface area contributed by atoms with E-state index in [-0.39, 0.29) is 29.2 Å². The highest BCUT2D eigenvalue weighted by molar-refractivity contribution is 5.85. The summed E-state index contributed by atoms with van der Waals surface area (Å²) in [5.41, 5.74) is 3.11. The van der Waals surface area contributed by atoms with E-state index in [0.29, 0.717) is 43.9 Å². The molecule has 0 bridgehead atoms. The first-order chi connectivity index (χ1) is 17.3. The van der Waals surface area contributed by atoms with Gasteiger partial charge in [-0.3, -0.25) is 9.80 Å². The molecule has 36 heavy (non-hydrogen) atoms. The molecular weight excluding hydrogens is 466 g/mol. The molecule has 1 fully saturated rings. The number of methoxy groups -OCH3 is 1. The molecule has 1 aliphatic heterocycles. The Balaban J connectivity index is 1.51. The summed E-state index contributed by atoms with van der Waals surface area (Å²) in [6, 6.07) is 16.0. The van der Waals surface area contributed by atoms with Gasteiger partial charge in [0.15, 0.2) is 11.5 Å². The largest absolute Gasteiger partial charge is 0.504 e. The third-order valence-electron chi connectivity index (χ3n) is 6.35. The number of phenolic OH excluding ortho intramolecular Hbond substituents is 1. The third-order valence-corrected chi connectivity index (χ3v) is 6.35. The van der Waals surface area contributed by atoms with E-state index in [1.54, 1.807) is 36.4 Å². The van der Waals surface area contributed by atoms with Crippen LogP contribution in [0, 0.1) is 11.6 Å². The molecule has 3 aromatic rings. The molecule has 0 spiro atoms. The number of halogens is 2. The average molecular weight is 495 g/mol. The minimum atomic E-state index is -1.06. The Kier molecular flexibility index (Phi) is 7.97. The van der Waals surface area contributed by atoms with Gasteiger partial charge in [0.05, 0.1) is 13.2 Å². The topological polar surface area (TPSA) is 73.2 Å². The van der Waals surface area contributed by atoms with Crippen LogP contribution in [-0.2, 0) is 11.3 Å². The van der Waals surface area contributed by atoms with Gasteiger partial charge in [-0.25, -0.2) is 13.6 Å². The second kappa shape index (κ2) is 11.3. The van der Waals surface area contributed by atoms with Gasteiger partial charge in [0.2, 0.25) is 0 Å². The van der Waals surface area contributed by atoms with E-state index in [1.807, 2.05) is 0 Å². The van der Waals surface area contributed by atoms with Crippen molar-refractivity contribution in [3.8, 4) is 11.5 Å². The van der Waals surface area contributed by atoms with Gasteiger partial charge < -0.3 is 14.9 Å². The number of nitrogens with zero attached hydrogens (tertiary/aromatic N) is 2. The molecule has 3 aromatic carbocycles. The highest BCUT2D eigenvalue weighted by Gasteiger charge is 2.27. The maximum Gasteiger partial charge on any atom is 0.328 e. The number of benzene rings is 3. The second-order valence-electron chi connectivity index (χ2n) is 8.72. The van der Waals surface area contributed by atoms with Crippen LogP contribution in [0.1, 0.15) is 28.3 Å². The number of piperazine rings is 1. The first-order valence-corrected chi connectivity index (χ1v) is 11.6. The van der Waals surface area contributed by atoms with Crippen LogP contribution in [0.15, 0.2) is 66.7 Å². The quantitative estimate of drug-likeness (QED) is 0.443. The van der Waals surface area contributed by atoms with Crippen LogP contribution in [0.3, 0.4) is 0 Å². The molecule has 0 unspecified atom stereocenters. The van der Waals surface area contributed by atoms with Crippen molar-refractivity contribution in [1.82, 2.24) is 9.80 Å². The summed E-state index contributed by atoms with van der Waals surface area (Å²) in [5, 5.41) is 19.6. The first-order valence-electron chi connectivity index (χ1n) is 11.6. The first kappa shape index (κ1) is 25.3. The van der Waals surface area contributed by atoms with Crippen LogP contribution in [-0.4, -0.2) is 59.3 Å². The average Bonchev–Trinajstić information content (AvgIpc) is 2.87. The minimum Gasteiger partial charge on any atom is -0.504 e. The molecule has 2 N–H and O–H groups in total. The van der Waals surface area contributed by atoms with Gasteiger partial charge in [0, 0.05) is 44.4 Å². The Morgan fingerprint density at radius 3 is 2.03 bits per heavy atom. The van der Waals surface area contributed by atoms with Crippen molar-refractivity contribution in [2.45, 2.75) is 12.6 Å². The predicted molar refractivity (Wildman–Crippen MR) is 133 cm³/mol. The van der Waals surface area contributed by atoms with Crippen molar-refractivity contribution >= 4 is 12.0 Å². The highest BCUT2D eigenvalue weighted by Crippen LogP contribution is 2.34. The predicted octanol–water partition coefficient (Wildman–Crippen LogP) is 4.68. The molecule has 188 valence electrons. The van der Waals surface area contributed by atoms with Gasteiger partial charge in [-0.1, -0.05) is 24.3 Å². The number of aromatic hydroxyl groups is 1. The van der Waals surface area contributed by atoms with Crippen LogP contribution >= 0.6 is 0 Å². The Labute approximate surface area is 208 Å². The van der Waals surface area contributed by atoms with Gasteiger partial charge >= 0.3 is 5.97 Å². The number of phenols is 1. The fraction of sp³-hybridized carbons (Fsp3) is 0.250. The van der Waals surface area contributed by atoms with Crippen molar-refractivity contribution < 1.29 is 28.5 Å². The van der Waals surface area contributed by atoms with E-state index < -0.39 is 5.97 Å². The fourth-order valence-corrected chi connectivity index (χ4v) is 4.55. The molecular formula is C28H28F2N2O4. The van der Waals surface area contributed by atoms with Crippen LogP contribution in [0.5, 0.6) is 11.5 Å². The van der Waals surface area contributed by atoms with Crippen LogP contribution in [0.25, 0.3) is 6.08 Å². The summed E-state index contributed by atoms with van der Waals surface area (Å²) >= 11 is 0. The summed E-state index contributed by atoms with van der Waals surface area (Å²) in [5.74, 6) is -1.36. The summed E-state index contributed by atoms with van der Waals surface area (Å²) in [7, 11) is 1.45. The lowest BCUT2D eigenvalue weighted by atomic mass is 9.96. The summed E-state index contributed by atoms with van der Waals surface area (Å²) in [6.07, 6.45) is 2.50. The summed E-state index contributed by atoms with van der Waals surface area (Å²) < 4.78 is 32.4. The number of carboxylic acids is 1. The molecule has 6 nitrogen and oxygen atoms in total. The van der Waals surface area contributed by atoms with E-state index in [9.17, 15) is 18.7 Å². The molecule has 1 heterocycles. The number of aliphatic carboxylic acids is 1. The monoisotopic (exact) mass is 494 g/mol. The molecule has 4 rings (SSSR count). The fourth-order valence-electron chi connectivity index (χ4n) is 4.55. The van der Waals surface area contributed by atoms with Crippen molar-refractivity contribution in [1.29, 1.82) is 0 Å². The lowest BCUT2D eigenvalue weighted by Crippen LogP contribution is -2.47. The standard InChI is InChI=1S/C28H28F2N2O4/c1-36-25-17-19(2-11-26(33)34)16-22(28(25)35)18-31-12-14-32(15-13-31)27(20-3-7-23(29)8-4-20)21-5-9-24(30)10-6-21/h2-11,16-17,27,35H,12-15,18H2,1H3,(H,33,34)/b11-2+. The third kappa shape index (κ3) is 6.08. The molecule has 0 saturated carbocycles. The molecule has 0 radical (unpaired) electrons. The number of carbonyl (C=O) groups is 1. The second-order valence-corrected chi connectivity index (χ2v) is 8.72. The number of hydrogen-bond donors (Lipinski definition) is 2. The molecule has 0 atom stereocenters. The number of ether oxygens (including phenoxy) is 1. The van der Waals surface area contributed by atoms with Crippen molar-refractivity contribution in [3.05, 3.63) is 101 Å². The van der Waals surface area contributed by atoms with Gasteiger partial charge in [-0.05, 0) is 59.2 Å². The van der Waals surface area contributed by atoms with Crippen molar-refractivity contribution in [2.24, 2.45) is 0 Å².